The molecule has 1 heterocycles. The molecule has 0 saturated carbocycles. The molecule has 0 fully saturated rings. The maximum atomic E-state index is 12.2. The fourth-order valence-electron chi connectivity index (χ4n) is 2.27. The first kappa shape index (κ1) is 16.8. The second-order valence-electron chi connectivity index (χ2n) is 5.26. The van der Waals surface area contributed by atoms with Crippen molar-refractivity contribution in [3.63, 3.8) is 0 Å². The van der Waals surface area contributed by atoms with Crippen molar-refractivity contribution in [3.05, 3.63) is 70.2 Å². The Labute approximate surface area is 148 Å². The molecule has 0 saturated heterocycles. The summed E-state index contributed by atoms with van der Waals surface area (Å²) in [5.74, 6) is -1.27. The second-order valence-corrected chi connectivity index (χ2v) is 6.32. The third-order valence-corrected chi connectivity index (χ3v) is 4.50. The van der Waals surface area contributed by atoms with Crippen molar-refractivity contribution < 1.29 is 14.7 Å². The minimum Gasteiger partial charge on any atom is -0.476 e. The average Bonchev–Trinajstić information content (AvgIpc) is 3.12. The van der Waals surface area contributed by atoms with E-state index in [1.807, 2.05) is 42.5 Å². The van der Waals surface area contributed by atoms with Gasteiger partial charge in [-0.1, -0.05) is 53.8 Å². The standard InChI is InChI=1S/C18H15N3O3S/c22-16(19-11-10-15-20-21-17(25-15)18(23)24)14-8-6-13(7-9-14)12-4-2-1-3-5-12/h1-9H,10-11H2,(H,19,22)(H,23,24). The zero-order valence-electron chi connectivity index (χ0n) is 13.2. The quantitative estimate of drug-likeness (QED) is 0.711. The number of rotatable bonds is 6. The molecule has 0 aliphatic carbocycles. The van der Waals surface area contributed by atoms with Gasteiger partial charge in [-0.15, -0.1) is 10.2 Å². The van der Waals surface area contributed by atoms with E-state index >= 15 is 0 Å². The molecule has 25 heavy (non-hydrogen) atoms. The Kier molecular flexibility index (Phi) is 5.15. The van der Waals surface area contributed by atoms with Gasteiger partial charge in [-0.05, 0) is 23.3 Å². The largest absolute Gasteiger partial charge is 0.476 e. The molecule has 3 aromatic rings. The number of carboxylic acids is 1. The molecule has 0 bridgehead atoms. The summed E-state index contributed by atoms with van der Waals surface area (Å²) in [6, 6.07) is 17.3. The monoisotopic (exact) mass is 353 g/mol. The van der Waals surface area contributed by atoms with Crippen LogP contribution >= 0.6 is 11.3 Å². The van der Waals surface area contributed by atoms with Gasteiger partial charge < -0.3 is 10.4 Å². The number of carbonyl (C=O) groups excluding carboxylic acids is 1. The van der Waals surface area contributed by atoms with E-state index in [1.54, 1.807) is 12.1 Å². The minimum absolute atomic E-state index is 0.0437. The lowest BCUT2D eigenvalue weighted by Gasteiger charge is -2.06. The highest BCUT2D eigenvalue weighted by Gasteiger charge is 2.11. The van der Waals surface area contributed by atoms with Crippen molar-refractivity contribution in [2.24, 2.45) is 0 Å². The highest BCUT2D eigenvalue weighted by atomic mass is 32.1. The summed E-state index contributed by atoms with van der Waals surface area (Å²) >= 11 is 1.01. The zero-order valence-corrected chi connectivity index (χ0v) is 14.0. The van der Waals surface area contributed by atoms with Crippen molar-refractivity contribution >= 4 is 23.2 Å². The fourth-order valence-corrected chi connectivity index (χ4v) is 2.95. The molecule has 6 nitrogen and oxygen atoms in total. The van der Waals surface area contributed by atoms with E-state index in [1.165, 1.54) is 0 Å². The van der Waals surface area contributed by atoms with Crippen LogP contribution in [0.2, 0.25) is 0 Å². The van der Waals surface area contributed by atoms with Crippen LogP contribution in [0, 0.1) is 0 Å². The molecule has 0 aliphatic heterocycles. The molecule has 0 atom stereocenters. The Morgan fingerprint density at radius 3 is 2.28 bits per heavy atom. The summed E-state index contributed by atoms with van der Waals surface area (Å²) in [5.41, 5.74) is 2.72. The number of nitrogens with zero attached hydrogens (tertiary/aromatic N) is 2. The molecule has 0 radical (unpaired) electrons. The van der Waals surface area contributed by atoms with Crippen molar-refractivity contribution in [3.8, 4) is 11.1 Å². The van der Waals surface area contributed by atoms with Crippen molar-refractivity contribution in [1.82, 2.24) is 15.5 Å². The fraction of sp³-hybridized carbons (Fsp3) is 0.111. The molecule has 2 aromatic carbocycles. The van der Waals surface area contributed by atoms with Gasteiger partial charge in [0.25, 0.3) is 5.91 Å². The van der Waals surface area contributed by atoms with Crippen LogP contribution in [0.3, 0.4) is 0 Å². The Bertz CT molecular complexity index is 876. The second kappa shape index (κ2) is 7.67. The van der Waals surface area contributed by atoms with Gasteiger partial charge in [-0.3, -0.25) is 4.79 Å². The third kappa shape index (κ3) is 4.27. The molecule has 1 amide bonds. The summed E-state index contributed by atoms with van der Waals surface area (Å²) in [4.78, 5) is 22.9. The lowest BCUT2D eigenvalue weighted by atomic mass is 10.0. The molecular formula is C18H15N3O3S. The zero-order chi connectivity index (χ0) is 17.6. The van der Waals surface area contributed by atoms with E-state index in [0.29, 0.717) is 23.5 Å². The molecule has 0 spiro atoms. The average molecular weight is 353 g/mol. The molecular weight excluding hydrogens is 338 g/mol. The summed E-state index contributed by atoms with van der Waals surface area (Å²) in [6.07, 6.45) is 0.443. The number of aromatic carboxylic acids is 1. The predicted molar refractivity (Wildman–Crippen MR) is 94.8 cm³/mol. The van der Waals surface area contributed by atoms with Gasteiger partial charge in [-0.2, -0.15) is 0 Å². The molecule has 0 unspecified atom stereocenters. The highest BCUT2D eigenvalue weighted by molar-refractivity contribution is 7.13. The first-order valence-electron chi connectivity index (χ1n) is 7.63. The van der Waals surface area contributed by atoms with Crippen molar-refractivity contribution in [2.75, 3.05) is 6.54 Å². The van der Waals surface area contributed by atoms with Gasteiger partial charge in [0.2, 0.25) is 5.01 Å². The summed E-state index contributed by atoms with van der Waals surface area (Å²) < 4.78 is 0. The summed E-state index contributed by atoms with van der Waals surface area (Å²) in [7, 11) is 0. The number of aromatic nitrogens is 2. The van der Waals surface area contributed by atoms with Crippen molar-refractivity contribution in [1.29, 1.82) is 0 Å². The van der Waals surface area contributed by atoms with E-state index in [2.05, 4.69) is 15.5 Å². The SMILES string of the molecule is O=C(NCCc1nnc(C(=O)O)s1)c1ccc(-c2ccccc2)cc1. The first-order valence-corrected chi connectivity index (χ1v) is 8.44. The number of carbonyl (C=O) groups is 2. The summed E-state index contributed by atoms with van der Waals surface area (Å²) in [5, 5.41) is 19.5. The number of amides is 1. The molecule has 126 valence electrons. The van der Waals surface area contributed by atoms with E-state index in [9.17, 15) is 9.59 Å². The smallest absolute Gasteiger partial charge is 0.367 e. The van der Waals surface area contributed by atoms with Crippen LogP contribution in [-0.2, 0) is 6.42 Å². The Hall–Kier alpha value is -3.06. The van der Waals surface area contributed by atoms with Gasteiger partial charge in [0.15, 0.2) is 0 Å². The molecule has 7 heteroatoms. The molecule has 2 N–H and O–H groups in total. The van der Waals surface area contributed by atoms with Gasteiger partial charge in [0.05, 0.1) is 0 Å². The summed E-state index contributed by atoms with van der Waals surface area (Å²) in [6.45, 7) is 0.369. The Balaban J connectivity index is 1.55. The number of nitrogens with one attached hydrogen (secondary N) is 1. The maximum absolute atomic E-state index is 12.2. The molecule has 0 aliphatic rings. The third-order valence-electron chi connectivity index (χ3n) is 3.53. The highest BCUT2D eigenvalue weighted by Crippen LogP contribution is 2.19. The van der Waals surface area contributed by atoms with Crippen LogP contribution in [-0.4, -0.2) is 33.7 Å². The van der Waals surface area contributed by atoms with E-state index in [0.717, 1.165) is 22.5 Å². The topological polar surface area (TPSA) is 92.2 Å². The van der Waals surface area contributed by atoms with Crippen molar-refractivity contribution in [2.45, 2.75) is 6.42 Å². The van der Waals surface area contributed by atoms with Gasteiger partial charge in [0.1, 0.15) is 5.01 Å². The van der Waals surface area contributed by atoms with Crippen LogP contribution < -0.4 is 5.32 Å². The minimum atomic E-state index is -1.09. The van der Waals surface area contributed by atoms with Crippen LogP contribution in [0.4, 0.5) is 0 Å². The molecule has 1 aromatic heterocycles. The van der Waals surface area contributed by atoms with Gasteiger partial charge >= 0.3 is 5.97 Å². The lowest BCUT2D eigenvalue weighted by Crippen LogP contribution is -2.25. The normalized spacial score (nSPS) is 10.4. The maximum Gasteiger partial charge on any atom is 0.367 e. The Morgan fingerprint density at radius 1 is 0.960 bits per heavy atom. The number of carboxylic acid groups (broad SMARTS) is 1. The molecule has 3 rings (SSSR count). The first-order chi connectivity index (χ1) is 12.1. The number of hydrogen-bond donors (Lipinski definition) is 2. The van der Waals surface area contributed by atoms with Crippen LogP contribution in [0.15, 0.2) is 54.6 Å². The van der Waals surface area contributed by atoms with Crippen LogP contribution in [0.5, 0.6) is 0 Å². The van der Waals surface area contributed by atoms with E-state index < -0.39 is 5.97 Å². The van der Waals surface area contributed by atoms with E-state index in [-0.39, 0.29) is 10.9 Å². The van der Waals surface area contributed by atoms with Crippen LogP contribution in [0.25, 0.3) is 11.1 Å². The number of hydrogen-bond acceptors (Lipinski definition) is 5. The lowest BCUT2D eigenvalue weighted by molar-refractivity contribution is 0.0695. The Morgan fingerprint density at radius 2 is 1.64 bits per heavy atom. The van der Waals surface area contributed by atoms with E-state index in [4.69, 9.17) is 5.11 Å². The van der Waals surface area contributed by atoms with Crippen LogP contribution in [0.1, 0.15) is 25.2 Å². The van der Waals surface area contributed by atoms with Gasteiger partial charge in [-0.25, -0.2) is 4.79 Å². The van der Waals surface area contributed by atoms with Gasteiger partial charge in [0, 0.05) is 18.5 Å². The predicted octanol–water partition coefficient (Wildman–Crippen LogP) is 2.88. The number of benzene rings is 2.